The van der Waals surface area contributed by atoms with E-state index >= 15 is 0 Å². The van der Waals surface area contributed by atoms with Crippen LogP contribution >= 0.6 is 11.3 Å². The molecule has 3 heterocycles. The van der Waals surface area contributed by atoms with Crippen molar-refractivity contribution in [2.24, 2.45) is 5.41 Å². The summed E-state index contributed by atoms with van der Waals surface area (Å²) in [4.78, 5) is 15.2. The summed E-state index contributed by atoms with van der Waals surface area (Å²) in [6.07, 6.45) is 4.34. The Morgan fingerprint density at radius 3 is 2.96 bits per heavy atom. The lowest BCUT2D eigenvalue weighted by molar-refractivity contribution is 0.0686. The molecular formula is C18H24N4OS. The molecule has 6 heteroatoms. The Morgan fingerprint density at radius 1 is 1.46 bits per heavy atom. The zero-order valence-corrected chi connectivity index (χ0v) is 14.9. The Kier molecular flexibility index (Phi) is 4.18. The molecule has 0 bridgehead atoms. The number of rotatable bonds is 5. The summed E-state index contributed by atoms with van der Waals surface area (Å²) in [5, 5.41) is 14.9. The number of amides is 1. The third-order valence-electron chi connectivity index (χ3n) is 5.55. The highest BCUT2D eigenvalue weighted by Crippen LogP contribution is 2.56. The average molecular weight is 344 g/mol. The van der Waals surface area contributed by atoms with E-state index in [9.17, 15) is 4.79 Å². The lowest BCUT2D eigenvalue weighted by Gasteiger charge is -2.29. The number of carbonyl (C=O) groups is 1. The number of carbonyl (C=O) groups excluding carboxylic acids is 1. The van der Waals surface area contributed by atoms with Gasteiger partial charge in [0.25, 0.3) is 5.91 Å². The zero-order valence-electron chi connectivity index (χ0n) is 14.0. The summed E-state index contributed by atoms with van der Waals surface area (Å²) in [7, 11) is 0. The van der Waals surface area contributed by atoms with Gasteiger partial charge in [0.15, 0.2) is 0 Å². The fourth-order valence-electron chi connectivity index (χ4n) is 3.93. The first-order valence-electron chi connectivity index (χ1n) is 8.79. The van der Waals surface area contributed by atoms with Crippen molar-refractivity contribution in [1.29, 1.82) is 0 Å². The van der Waals surface area contributed by atoms with E-state index in [0.29, 0.717) is 23.7 Å². The summed E-state index contributed by atoms with van der Waals surface area (Å²) >= 11 is 1.69. The Balaban J connectivity index is 1.57. The summed E-state index contributed by atoms with van der Waals surface area (Å²) in [5.74, 6) is 0.0672. The van der Waals surface area contributed by atoms with Crippen LogP contribution in [-0.2, 0) is 13.0 Å². The predicted octanol–water partition coefficient (Wildman–Crippen LogP) is 2.82. The van der Waals surface area contributed by atoms with Crippen LogP contribution in [0.3, 0.4) is 0 Å². The number of H-pyrrole nitrogens is 1. The second-order valence-corrected chi connectivity index (χ2v) is 7.81. The molecule has 2 fully saturated rings. The number of piperidine rings is 1. The van der Waals surface area contributed by atoms with Crippen LogP contribution in [0.5, 0.6) is 0 Å². The second-order valence-electron chi connectivity index (χ2n) is 7.03. The standard InChI is InChI=1S/C18H24N4OS/c1-2-14-9-15(21-20-14)17(23)22(11-13-3-8-24-12-13)16-10-18(16)4-6-19-7-5-18/h3,8-9,12,16,19H,2,4-7,10-11H2,1H3,(H,20,21)/t16-/m1/s1. The van der Waals surface area contributed by atoms with Crippen molar-refractivity contribution >= 4 is 17.2 Å². The molecule has 0 radical (unpaired) electrons. The van der Waals surface area contributed by atoms with E-state index in [1.165, 1.54) is 18.4 Å². The number of aryl methyl sites for hydroxylation is 1. The van der Waals surface area contributed by atoms with Gasteiger partial charge >= 0.3 is 0 Å². The molecule has 4 rings (SSSR count). The molecule has 0 unspecified atom stereocenters. The van der Waals surface area contributed by atoms with Gasteiger partial charge in [-0.3, -0.25) is 9.89 Å². The minimum atomic E-state index is 0.0672. The first-order valence-corrected chi connectivity index (χ1v) is 9.73. The van der Waals surface area contributed by atoms with Gasteiger partial charge in [-0.25, -0.2) is 0 Å². The first kappa shape index (κ1) is 15.8. The van der Waals surface area contributed by atoms with Crippen LogP contribution in [0.4, 0.5) is 0 Å². The van der Waals surface area contributed by atoms with Crippen molar-refractivity contribution in [2.75, 3.05) is 13.1 Å². The minimum Gasteiger partial charge on any atom is -0.329 e. The molecule has 2 aromatic heterocycles. The first-order chi connectivity index (χ1) is 11.7. The molecule has 5 nitrogen and oxygen atoms in total. The molecule has 2 N–H and O–H groups in total. The third-order valence-corrected chi connectivity index (χ3v) is 6.28. The lowest BCUT2D eigenvalue weighted by atomic mass is 9.93. The summed E-state index contributed by atoms with van der Waals surface area (Å²) in [6, 6.07) is 4.37. The quantitative estimate of drug-likeness (QED) is 0.877. The number of aromatic amines is 1. The van der Waals surface area contributed by atoms with Crippen LogP contribution in [-0.4, -0.2) is 40.1 Å². The smallest absolute Gasteiger partial charge is 0.274 e. The molecule has 1 spiro atoms. The monoisotopic (exact) mass is 344 g/mol. The third kappa shape index (κ3) is 2.89. The SMILES string of the molecule is CCc1cc(C(=O)N(Cc2ccsc2)[C@@H]2CC23CCNCC3)n[nH]1. The number of nitrogens with one attached hydrogen (secondary N) is 2. The Hall–Kier alpha value is -1.66. The van der Waals surface area contributed by atoms with Gasteiger partial charge in [-0.2, -0.15) is 16.4 Å². The highest BCUT2D eigenvalue weighted by molar-refractivity contribution is 7.07. The number of hydrogen-bond acceptors (Lipinski definition) is 4. The molecule has 1 aliphatic heterocycles. The van der Waals surface area contributed by atoms with E-state index in [2.05, 4.69) is 44.2 Å². The summed E-state index contributed by atoms with van der Waals surface area (Å²) in [5.41, 5.74) is 3.12. The number of aromatic nitrogens is 2. The molecule has 1 aliphatic carbocycles. The highest BCUT2D eigenvalue weighted by atomic mass is 32.1. The molecule has 1 atom stereocenters. The van der Waals surface area contributed by atoms with Crippen LogP contribution in [0, 0.1) is 5.41 Å². The van der Waals surface area contributed by atoms with E-state index < -0.39 is 0 Å². The molecule has 128 valence electrons. The lowest BCUT2D eigenvalue weighted by Crippen LogP contribution is -2.39. The fraction of sp³-hybridized carbons (Fsp3) is 0.556. The second kappa shape index (κ2) is 6.33. The van der Waals surface area contributed by atoms with Gasteiger partial charge in [0.05, 0.1) is 0 Å². The van der Waals surface area contributed by atoms with Gasteiger partial charge in [-0.05, 0) is 72.6 Å². The van der Waals surface area contributed by atoms with Gasteiger partial charge in [0, 0.05) is 18.3 Å². The zero-order chi connectivity index (χ0) is 16.6. The fourth-order valence-corrected chi connectivity index (χ4v) is 4.59. The molecule has 0 aromatic carbocycles. The Labute approximate surface area is 146 Å². The Bertz CT molecular complexity index is 702. The summed E-state index contributed by atoms with van der Waals surface area (Å²) in [6.45, 7) is 4.89. The van der Waals surface area contributed by atoms with Crippen LogP contribution in [0.2, 0.25) is 0 Å². The number of nitrogens with zero attached hydrogens (tertiary/aromatic N) is 2. The van der Waals surface area contributed by atoms with Crippen molar-refractivity contribution in [3.05, 3.63) is 39.8 Å². The summed E-state index contributed by atoms with van der Waals surface area (Å²) < 4.78 is 0. The maximum Gasteiger partial charge on any atom is 0.274 e. The largest absolute Gasteiger partial charge is 0.329 e. The molecule has 24 heavy (non-hydrogen) atoms. The van der Waals surface area contributed by atoms with Crippen LogP contribution in [0.1, 0.15) is 47.9 Å². The van der Waals surface area contributed by atoms with Crippen molar-refractivity contribution < 1.29 is 4.79 Å². The van der Waals surface area contributed by atoms with E-state index in [-0.39, 0.29) is 5.91 Å². The van der Waals surface area contributed by atoms with E-state index in [4.69, 9.17) is 0 Å². The maximum absolute atomic E-state index is 13.1. The van der Waals surface area contributed by atoms with Crippen molar-refractivity contribution in [1.82, 2.24) is 20.4 Å². The molecule has 1 saturated heterocycles. The van der Waals surface area contributed by atoms with E-state index in [1.54, 1.807) is 11.3 Å². The average Bonchev–Trinajstić information content (AvgIpc) is 3.05. The molecule has 2 aliphatic rings. The van der Waals surface area contributed by atoms with E-state index in [1.807, 2.05) is 6.07 Å². The van der Waals surface area contributed by atoms with Gasteiger partial charge < -0.3 is 10.2 Å². The van der Waals surface area contributed by atoms with Crippen LogP contribution in [0.25, 0.3) is 0 Å². The van der Waals surface area contributed by atoms with Gasteiger partial charge in [-0.1, -0.05) is 6.92 Å². The molecule has 2 aromatic rings. The van der Waals surface area contributed by atoms with Gasteiger partial charge in [-0.15, -0.1) is 0 Å². The van der Waals surface area contributed by atoms with Crippen molar-refractivity contribution in [2.45, 2.75) is 45.2 Å². The normalized spacial score (nSPS) is 21.8. The van der Waals surface area contributed by atoms with Crippen LogP contribution in [0.15, 0.2) is 22.9 Å². The van der Waals surface area contributed by atoms with Crippen molar-refractivity contribution in [3.8, 4) is 0 Å². The molecule has 1 amide bonds. The number of hydrogen-bond donors (Lipinski definition) is 2. The predicted molar refractivity (Wildman–Crippen MR) is 95.1 cm³/mol. The van der Waals surface area contributed by atoms with Gasteiger partial charge in [0.1, 0.15) is 5.69 Å². The Morgan fingerprint density at radius 2 is 2.29 bits per heavy atom. The molecule has 1 saturated carbocycles. The van der Waals surface area contributed by atoms with Crippen molar-refractivity contribution in [3.63, 3.8) is 0 Å². The highest BCUT2D eigenvalue weighted by Gasteiger charge is 2.57. The minimum absolute atomic E-state index is 0.0672. The number of thiophene rings is 1. The van der Waals surface area contributed by atoms with E-state index in [0.717, 1.165) is 31.6 Å². The van der Waals surface area contributed by atoms with Gasteiger partial charge in [0.2, 0.25) is 0 Å². The maximum atomic E-state index is 13.1. The van der Waals surface area contributed by atoms with Crippen LogP contribution < -0.4 is 5.32 Å². The topological polar surface area (TPSA) is 61.0 Å². The molecular weight excluding hydrogens is 320 g/mol.